The first-order valence-electron chi connectivity index (χ1n) is 7.44. The summed E-state index contributed by atoms with van der Waals surface area (Å²) in [6.07, 6.45) is 11.5. The van der Waals surface area contributed by atoms with Crippen molar-refractivity contribution in [1.29, 1.82) is 0 Å². The maximum atomic E-state index is 11.5. The van der Waals surface area contributed by atoms with Crippen molar-refractivity contribution in [3.05, 3.63) is 12.2 Å². The predicted molar refractivity (Wildman–Crippen MR) is 75.7 cm³/mol. The molecule has 1 rings (SSSR count). The van der Waals surface area contributed by atoms with Crippen LogP contribution in [0.1, 0.15) is 64.1 Å². The van der Waals surface area contributed by atoms with E-state index in [9.17, 15) is 4.79 Å². The summed E-state index contributed by atoms with van der Waals surface area (Å²) >= 11 is 0. The molecule has 0 bridgehead atoms. The van der Waals surface area contributed by atoms with E-state index in [1.165, 1.54) is 44.9 Å². The van der Waals surface area contributed by atoms with Crippen molar-refractivity contribution in [2.24, 2.45) is 0 Å². The average molecular weight is 266 g/mol. The molecule has 0 saturated carbocycles. The lowest BCUT2D eigenvalue weighted by Gasteiger charge is -2.04. The van der Waals surface area contributed by atoms with Gasteiger partial charge in [-0.2, -0.15) is 5.10 Å². The van der Waals surface area contributed by atoms with Crippen LogP contribution in [0.2, 0.25) is 0 Å². The van der Waals surface area contributed by atoms with Crippen LogP contribution in [-0.2, 0) is 11.2 Å². The number of H-pyrrole nitrogens is 1. The summed E-state index contributed by atoms with van der Waals surface area (Å²) < 4.78 is 0. The lowest BCUT2D eigenvalue weighted by atomic mass is 10.1. The summed E-state index contributed by atoms with van der Waals surface area (Å²) in [5.41, 5.74) is 0. The number of aromatic amines is 1. The maximum Gasteiger partial charge on any atom is 0.220 e. The number of hydrogen-bond acceptors (Lipinski definition) is 3. The van der Waals surface area contributed by atoms with Crippen molar-refractivity contribution < 1.29 is 4.79 Å². The standard InChI is InChI=1S/C14H26N4O/c1-2-3-4-5-6-7-8-9-14(19)15-11-10-13-16-12-17-18-13/h12H,2-11H2,1H3,(H,15,19)(H,16,17,18). The van der Waals surface area contributed by atoms with Crippen LogP contribution in [0, 0.1) is 0 Å². The van der Waals surface area contributed by atoms with Gasteiger partial charge in [-0.25, -0.2) is 4.98 Å². The molecule has 0 unspecified atom stereocenters. The molecular weight excluding hydrogens is 240 g/mol. The van der Waals surface area contributed by atoms with Crippen LogP contribution in [0.15, 0.2) is 6.33 Å². The minimum atomic E-state index is 0.146. The van der Waals surface area contributed by atoms with Crippen LogP contribution in [0.3, 0.4) is 0 Å². The Morgan fingerprint density at radius 3 is 2.63 bits per heavy atom. The van der Waals surface area contributed by atoms with Gasteiger partial charge in [-0.15, -0.1) is 0 Å². The number of carbonyl (C=O) groups excluding carboxylic acids is 1. The van der Waals surface area contributed by atoms with Crippen molar-refractivity contribution in [3.8, 4) is 0 Å². The third kappa shape index (κ3) is 8.35. The third-order valence-corrected chi connectivity index (χ3v) is 3.16. The van der Waals surface area contributed by atoms with Gasteiger partial charge in [0.05, 0.1) is 0 Å². The Morgan fingerprint density at radius 1 is 1.21 bits per heavy atom. The molecule has 1 heterocycles. The fraction of sp³-hybridized carbons (Fsp3) is 0.786. The first kappa shape index (κ1) is 15.7. The van der Waals surface area contributed by atoms with Crippen LogP contribution >= 0.6 is 0 Å². The summed E-state index contributed by atoms with van der Waals surface area (Å²) in [6.45, 7) is 2.85. The van der Waals surface area contributed by atoms with Crippen LogP contribution in [-0.4, -0.2) is 27.6 Å². The van der Waals surface area contributed by atoms with E-state index >= 15 is 0 Å². The summed E-state index contributed by atoms with van der Waals surface area (Å²) in [4.78, 5) is 15.6. The fourth-order valence-electron chi connectivity index (χ4n) is 2.00. The summed E-state index contributed by atoms with van der Waals surface area (Å²) in [5, 5.41) is 9.44. The van der Waals surface area contributed by atoms with E-state index in [1.807, 2.05) is 0 Å². The van der Waals surface area contributed by atoms with Gasteiger partial charge in [-0.3, -0.25) is 9.89 Å². The van der Waals surface area contributed by atoms with E-state index in [-0.39, 0.29) is 5.91 Å². The average Bonchev–Trinajstić information content (AvgIpc) is 2.91. The zero-order valence-electron chi connectivity index (χ0n) is 12.0. The van der Waals surface area contributed by atoms with E-state index < -0.39 is 0 Å². The van der Waals surface area contributed by atoms with Crippen LogP contribution in [0.4, 0.5) is 0 Å². The minimum absolute atomic E-state index is 0.146. The summed E-state index contributed by atoms with van der Waals surface area (Å²) in [6, 6.07) is 0. The monoisotopic (exact) mass is 266 g/mol. The number of amides is 1. The molecule has 5 heteroatoms. The Kier molecular flexibility index (Phi) is 8.68. The van der Waals surface area contributed by atoms with Gasteiger partial charge in [0.1, 0.15) is 12.2 Å². The van der Waals surface area contributed by atoms with Gasteiger partial charge in [0.15, 0.2) is 0 Å². The van der Waals surface area contributed by atoms with Crippen molar-refractivity contribution >= 4 is 5.91 Å². The lowest BCUT2D eigenvalue weighted by molar-refractivity contribution is -0.121. The second-order valence-corrected chi connectivity index (χ2v) is 4.90. The highest BCUT2D eigenvalue weighted by atomic mass is 16.1. The van der Waals surface area contributed by atoms with Gasteiger partial charge in [0, 0.05) is 19.4 Å². The van der Waals surface area contributed by atoms with Crippen LogP contribution < -0.4 is 5.32 Å². The molecule has 0 atom stereocenters. The van der Waals surface area contributed by atoms with Gasteiger partial charge in [-0.1, -0.05) is 45.4 Å². The number of unbranched alkanes of at least 4 members (excludes halogenated alkanes) is 6. The van der Waals surface area contributed by atoms with Gasteiger partial charge in [0.2, 0.25) is 5.91 Å². The van der Waals surface area contributed by atoms with Crippen molar-refractivity contribution in [2.75, 3.05) is 6.54 Å². The number of rotatable bonds is 11. The maximum absolute atomic E-state index is 11.5. The van der Waals surface area contributed by atoms with E-state index in [0.29, 0.717) is 19.4 Å². The second-order valence-electron chi connectivity index (χ2n) is 4.90. The molecule has 0 fully saturated rings. The molecule has 5 nitrogen and oxygen atoms in total. The Labute approximate surface area is 115 Å². The summed E-state index contributed by atoms with van der Waals surface area (Å²) in [5.74, 6) is 0.962. The van der Waals surface area contributed by atoms with Crippen LogP contribution in [0.25, 0.3) is 0 Å². The molecule has 2 N–H and O–H groups in total. The minimum Gasteiger partial charge on any atom is -0.356 e. The first-order valence-corrected chi connectivity index (χ1v) is 7.44. The molecule has 0 spiro atoms. The normalized spacial score (nSPS) is 10.6. The van der Waals surface area contributed by atoms with E-state index in [1.54, 1.807) is 0 Å². The molecule has 0 aliphatic heterocycles. The molecule has 1 aromatic heterocycles. The smallest absolute Gasteiger partial charge is 0.220 e. The molecule has 0 aromatic carbocycles. The number of nitrogens with one attached hydrogen (secondary N) is 2. The molecule has 1 amide bonds. The van der Waals surface area contributed by atoms with Gasteiger partial charge in [0.25, 0.3) is 0 Å². The number of hydrogen-bond donors (Lipinski definition) is 2. The quantitative estimate of drug-likeness (QED) is 0.605. The number of aromatic nitrogens is 3. The Bertz CT molecular complexity index is 324. The molecule has 0 saturated heterocycles. The van der Waals surface area contributed by atoms with E-state index in [0.717, 1.165) is 12.2 Å². The SMILES string of the molecule is CCCCCCCCCC(=O)NCCc1ncn[nH]1. The van der Waals surface area contributed by atoms with Crippen molar-refractivity contribution in [3.63, 3.8) is 0 Å². The van der Waals surface area contributed by atoms with Crippen LogP contribution in [0.5, 0.6) is 0 Å². The highest BCUT2D eigenvalue weighted by Gasteiger charge is 2.01. The van der Waals surface area contributed by atoms with Crippen molar-refractivity contribution in [1.82, 2.24) is 20.5 Å². The van der Waals surface area contributed by atoms with E-state index in [2.05, 4.69) is 27.4 Å². The molecule has 0 aliphatic carbocycles. The Balaban J connectivity index is 1.88. The lowest BCUT2D eigenvalue weighted by Crippen LogP contribution is -2.25. The third-order valence-electron chi connectivity index (χ3n) is 3.16. The number of nitrogens with zero attached hydrogens (tertiary/aromatic N) is 2. The molecule has 0 aliphatic rings. The molecule has 108 valence electrons. The van der Waals surface area contributed by atoms with E-state index in [4.69, 9.17) is 0 Å². The van der Waals surface area contributed by atoms with Crippen molar-refractivity contribution in [2.45, 2.75) is 64.7 Å². The van der Waals surface area contributed by atoms with Gasteiger partial charge in [-0.05, 0) is 6.42 Å². The topological polar surface area (TPSA) is 70.7 Å². The second kappa shape index (κ2) is 10.5. The first-order chi connectivity index (χ1) is 9.33. The highest BCUT2D eigenvalue weighted by molar-refractivity contribution is 5.75. The zero-order valence-corrected chi connectivity index (χ0v) is 12.0. The summed E-state index contributed by atoms with van der Waals surface area (Å²) in [7, 11) is 0. The zero-order chi connectivity index (χ0) is 13.8. The highest BCUT2D eigenvalue weighted by Crippen LogP contribution is 2.08. The fourth-order valence-corrected chi connectivity index (χ4v) is 2.00. The Morgan fingerprint density at radius 2 is 1.95 bits per heavy atom. The Hall–Kier alpha value is -1.39. The molecule has 0 radical (unpaired) electrons. The molecular formula is C14H26N4O. The number of carbonyl (C=O) groups is 1. The van der Waals surface area contributed by atoms with Gasteiger partial charge >= 0.3 is 0 Å². The molecule has 1 aromatic rings. The largest absolute Gasteiger partial charge is 0.356 e. The predicted octanol–water partition coefficient (Wildman–Crippen LogP) is 2.60. The molecule has 19 heavy (non-hydrogen) atoms. The van der Waals surface area contributed by atoms with Gasteiger partial charge < -0.3 is 5.32 Å².